The standard InChI is InChI=1S/C13H17NO3/c1-16-12-8-4-5-10(9-12)13(15)14-17-11-6-2-3-7-11/h4-5,8-9,11H,2-3,6-7H2,1H3,(H,14,15). The summed E-state index contributed by atoms with van der Waals surface area (Å²) >= 11 is 0. The summed E-state index contributed by atoms with van der Waals surface area (Å²) in [6, 6.07) is 7.00. The minimum atomic E-state index is -0.226. The van der Waals surface area contributed by atoms with Crippen molar-refractivity contribution in [3.8, 4) is 5.75 Å². The zero-order valence-electron chi connectivity index (χ0n) is 9.94. The Labute approximate surface area is 101 Å². The van der Waals surface area contributed by atoms with Gasteiger partial charge in [-0.2, -0.15) is 0 Å². The largest absolute Gasteiger partial charge is 0.497 e. The molecule has 1 aliphatic rings. The first-order valence-corrected chi connectivity index (χ1v) is 5.89. The summed E-state index contributed by atoms with van der Waals surface area (Å²) in [5.41, 5.74) is 3.04. The summed E-state index contributed by atoms with van der Waals surface area (Å²) in [6.07, 6.45) is 4.58. The summed E-state index contributed by atoms with van der Waals surface area (Å²) in [5, 5.41) is 0. The van der Waals surface area contributed by atoms with E-state index in [9.17, 15) is 4.79 Å². The number of rotatable bonds is 4. The van der Waals surface area contributed by atoms with Gasteiger partial charge in [-0.25, -0.2) is 5.48 Å². The van der Waals surface area contributed by atoms with Gasteiger partial charge in [0.1, 0.15) is 5.75 Å². The van der Waals surface area contributed by atoms with Crippen molar-refractivity contribution in [3.05, 3.63) is 29.8 Å². The average Bonchev–Trinajstić information content (AvgIpc) is 2.89. The maximum absolute atomic E-state index is 11.8. The molecule has 1 aromatic rings. The Bertz CT molecular complexity index is 386. The van der Waals surface area contributed by atoms with Crippen LogP contribution in [0.15, 0.2) is 24.3 Å². The molecule has 1 aliphatic carbocycles. The lowest BCUT2D eigenvalue weighted by Crippen LogP contribution is -2.28. The third kappa shape index (κ3) is 3.20. The van der Waals surface area contributed by atoms with E-state index in [1.54, 1.807) is 31.4 Å². The van der Waals surface area contributed by atoms with Crippen molar-refractivity contribution < 1.29 is 14.4 Å². The summed E-state index contributed by atoms with van der Waals surface area (Å²) in [5.74, 6) is 0.439. The van der Waals surface area contributed by atoms with Crippen molar-refractivity contribution in [2.24, 2.45) is 0 Å². The first kappa shape index (κ1) is 11.9. The van der Waals surface area contributed by atoms with Gasteiger partial charge >= 0.3 is 0 Å². The fraction of sp³-hybridized carbons (Fsp3) is 0.462. The molecule has 4 heteroatoms. The molecule has 0 bridgehead atoms. The van der Waals surface area contributed by atoms with Crippen LogP contribution in [-0.2, 0) is 4.84 Å². The van der Waals surface area contributed by atoms with Crippen molar-refractivity contribution in [1.29, 1.82) is 0 Å². The van der Waals surface area contributed by atoms with Gasteiger partial charge in [0.25, 0.3) is 5.91 Å². The van der Waals surface area contributed by atoms with Crippen molar-refractivity contribution in [2.45, 2.75) is 31.8 Å². The quantitative estimate of drug-likeness (QED) is 0.814. The number of hydrogen-bond donors (Lipinski definition) is 1. The minimum absolute atomic E-state index is 0.171. The fourth-order valence-electron chi connectivity index (χ4n) is 1.97. The van der Waals surface area contributed by atoms with Gasteiger partial charge in [0.15, 0.2) is 0 Å². The highest BCUT2D eigenvalue weighted by atomic mass is 16.7. The van der Waals surface area contributed by atoms with Crippen LogP contribution in [0, 0.1) is 0 Å². The van der Waals surface area contributed by atoms with E-state index in [1.165, 1.54) is 12.8 Å². The third-order valence-corrected chi connectivity index (χ3v) is 2.95. The molecule has 2 rings (SSSR count). The van der Waals surface area contributed by atoms with E-state index in [1.807, 2.05) is 0 Å². The van der Waals surface area contributed by atoms with E-state index in [-0.39, 0.29) is 12.0 Å². The lowest BCUT2D eigenvalue weighted by Gasteiger charge is -2.11. The molecule has 0 spiro atoms. The van der Waals surface area contributed by atoms with Crippen LogP contribution >= 0.6 is 0 Å². The van der Waals surface area contributed by atoms with Crippen molar-refractivity contribution in [1.82, 2.24) is 5.48 Å². The predicted molar refractivity (Wildman–Crippen MR) is 63.8 cm³/mol. The van der Waals surface area contributed by atoms with Gasteiger partial charge in [-0.15, -0.1) is 0 Å². The number of benzene rings is 1. The van der Waals surface area contributed by atoms with Crippen LogP contribution in [0.4, 0.5) is 0 Å². The van der Waals surface area contributed by atoms with Crippen LogP contribution in [0.5, 0.6) is 5.75 Å². The van der Waals surface area contributed by atoms with Gasteiger partial charge in [-0.05, 0) is 31.0 Å². The Kier molecular flexibility index (Phi) is 3.98. The molecule has 1 saturated carbocycles. The van der Waals surface area contributed by atoms with Gasteiger partial charge in [0, 0.05) is 5.56 Å². The lowest BCUT2D eigenvalue weighted by atomic mass is 10.2. The molecule has 1 amide bonds. The maximum atomic E-state index is 11.8. The van der Waals surface area contributed by atoms with Crippen molar-refractivity contribution in [3.63, 3.8) is 0 Å². The highest BCUT2D eigenvalue weighted by Crippen LogP contribution is 2.20. The second kappa shape index (κ2) is 5.68. The van der Waals surface area contributed by atoms with E-state index in [2.05, 4.69) is 5.48 Å². The summed E-state index contributed by atoms with van der Waals surface area (Å²) in [6.45, 7) is 0. The maximum Gasteiger partial charge on any atom is 0.274 e. The highest BCUT2D eigenvalue weighted by molar-refractivity contribution is 5.93. The smallest absolute Gasteiger partial charge is 0.274 e. The van der Waals surface area contributed by atoms with E-state index in [0.29, 0.717) is 11.3 Å². The van der Waals surface area contributed by atoms with Crippen molar-refractivity contribution in [2.75, 3.05) is 7.11 Å². The number of hydrogen-bond acceptors (Lipinski definition) is 3. The van der Waals surface area contributed by atoms with E-state index >= 15 is 0 Å². The second-order valence-electron chi connectivity index (χ2n) is 4.19. The van der Waals surface area contributed by atoms with Gasteiger partial charge in [0.2, 0.25) is 0 Å². The Balaban J connectivity index is 1.89. The zero-order chi connectivity index (χ0) is 12.1. The molecule has 1 fully saturated rings. The molecule has 0 radical (unpaired) electrons. The zero-order valence-corrected chi connectivity index (χ0v) is 9.94. The van der Waals surface area contributed by atoms with Gasteiger partial charge in [0.05, 0.1) is 13.2 Å². The summed E-state index contributed by atoms with van der Waals surface area (Å²) in [4.78, 5) is 17.1. The summed E-state index contributed by atoms with van der Waals surface area (Å²) in [7, 11) is 1.58. The van der Waals surface area contributed by atoms with Crippen LogP contribution in [0.3, 0.4) is 0 Å². The topological polar surface area (TPSA) is 47.6 Å². The molecule has 0 unspecified atom stereocenters. The van der Waals surface area contributed by atoms with E-state index < -0.39 is 0 Å². The normalized spacial score (nSPS) is 15.8. The fourth-order valence-corrected chi connectivity index (χ4v) is 1.97. The number of methoxy groups -OCH3 is 1. The third-order valence-electron chi connectivity index (χ3n) is 2.95. The molecule has 0 saturated heterocycles. The van der Waals surface area contributed by atoms with Gasteiger partial charge in [-0.3, -0.25) is 9.63 Å². The average molecular weight is 235 g/mol. The van der Waals surface area contributed by atoms with Gasteiger partial charge < -0.3 is 4.74 Å². The Morgan fingerprint density at radius 3 is 2.82 bits per heavy atom. The number of carbonyl (C=O) groups excluding carboxylic acids is 1. The predicted octanol–water partition coefficient (Wildman–Crippen LogP) is 2.30. The molecule has 4 nitrogen and oxygen atoms in total. The monoisotopic (exact) mass is 235 g/mol. The SMILES string of the molecule is COc1cccc(C(=O)NOC2CCCC2)c1. The molecule has 1 N–H and O–H groups in total. The Hall–Kier alpha value is -1.55. The number of nitrogens with one attached hydrogen (secondary N) is 1. The molecule has 0 atom stereocenters. The number of hydroxylamine groups is 1. The van der Waals surface area contributed by atoms with Crippen LogP contribution < -0.4 is 10.2 Å². The lowest BCUT2D eigenvalue weighted by molar-refractivity contribution is -0.0125. The molecule has 1 aromatic carbocycles. The van der Waals surface area contributed by atoms with Crippen LogP contribution in [-0.4, -0.2) is 19.1 Å². The first-order valence-electron chi connectivity index (χ1n) is 5.89. The van der Waals surface area contributed by atoms with E-state index in [4.69, 9.17) is 9.57 Å². The summed E-state index contributed by atoms with van der Waals surface area (Å²) < 4.78 is 5.06. The molecule has 0 heterocycles. The molecule has 0 aliphatic heterocycles. The molecule has 0 aromatic heterocycles. The molecular weight excluding hydrogens is 218 g/mol. The van der Waals surface area contributed by atoms with Crippen LogP contribution in [0.1, 0.15) is 36.0 Å². The number of amides is 1. The Morgan fingerprint density at radius 2 is 2.12 bits per heavy atom. The van der Waals surface area contributed by atoms with E-state index in [0.717, 1.165) is 12.8 Å². The van der Waals surface area contributed by atoms with Crippen LogP contribution in [0.2, 0.25) is 0 Å². The van der Waals surface area contributed by atoms with Gasteiger partial charge in [-0.1, -0.05) is 18.9 Å². The Morgan fingerprint density at radius 1 is 1.35 bits per heavy atom. The van der Waals surface area contributed by atoms with Crippen LogP contribution in [0.25, 0.3) is 0 Å². The number of ether oxygens (including phenoxy) is 1. The molecular formula is C13H17NO3. The minimum Gasteiger partial charge on any atom is -0.497 e. The molecule has 17 heavy (non-hydrogen) atoms. The number of carbonyl (C=O) groups is 1. The molecule has 92 valence electrons. The highest BCUT2D eigenvalue weighted by Gasteiger charge is 2.17. The van der Waals surface area contributed by atoms with Crippen molar-refractivity contribution >= 4 is 5.91 Å². The second-order valence-corrected chi connectivity index (χ2v) is 4.19. The first-order chi connectivity index (χ1) is 8.29.